The molecule has 0 radical (unpaired) electrons. The van der Waals surface area contributed by atoms with Crippen molar-refractivity contribution in [2.24, 2.45) is 0 Å². The van der Waals surface area contributed by atoms with Crippen LogP contribution in [-0.4, -0.2) is 26.4 Å². The molecule has 0 fully saturated rings. The fourth-order valence-electron chi connectivity index (χ4n) is 3.27. The monoisotopic (exact) mass is 424 g/mol. The van der Waals surface area contributed by atoms with Crippen molar-refractivity contribution in [3.05, 3.63) is 65.5 Å². The van der Waals surface area contributed by atoms with Crippen molar-refractivity contribution in [2.45, 2.75) is 51.9 Å². The molecule has 0 saturated heterocycles. The van der Waals surface area contributed by atoms with Gasteiger partial charge in [0.05, 0.1) is 5.75 Å². The molecule has 6 nitrogen and oxygen atoms in total. The molecule has 3 aromatic rings. The summed E-state index contributed by atoms with van der Waals surface area (Å²) in [6.07, 6.45) is 0.624. The average Bonchev–Trinajstić information content (AvgIpc) is 3.17. The summed E-state index contributed by atoms with van der Waals surface area (Å²) in [5.41, 5.74) is 3.12. The number of rotatable bonds is 9. The van der Waals surface area contributed by atoms with Crippen LogP contribution < -0.4 is 10.1 Å². The van der Waals surface area contributed by atoms with Crippen molar-refractivity contribution < 1.29 is 9.53 Å². The molecule has 0 bridgehead atoms. The summed E-state index contributed by atoms with van der Waals surface area (Å²) in [6.45, 7) is 8.79. The highest BCUT2D eigenvalue weighted by Gasteiger charge is 2.19. The zero-order valence-electron chi connectivity index (χ0n) is 17.9. The van der Waals surface area contributed by atoms with Crippen LogP contribution in [0.1, 0.15) is 43.8 Å². The number of aromatic nitrogens is 3. The van der Waals surface area contributed by atoms with Crippen LogP contribution >= 0.6 is 11.8 Å². The average molecular weight is 425 g/mol. The first-order valence-electron chi connectivity index (χ1n) is 10.2. The van der Waals surface area contributed by atoms with Gasteiger partial charge in [-0.2, -0.15) is 0 Å². The summed E-state index contributed by atoms with van der Waals surface area (Å²) < 4.78 is 7.98. The van der Waals surface area contributed by atoms with E-state index < -0.39 is 0 Å². The summed E-state index contributed by atoms with van der Waals surface area (Å²) in [5, 5.41) is 12.4. The van der Waals surface area contributed by atoms with Crippen LogP contribution in [0.25, 0.3) is 0 Å². The molecule has 3 rings (SSSR count). The van der Waals surface area contributed by atoms with Crippen molar-refractivity contribution in [1.29, 1.82) is 0 Å². The Morgan fingerprint density at radius 2 is 1.90 bits per heavy atom. The van der Waals surface area contributed by atoms with E-state index in [1.54, 1.807) is 0 Å². The normalized spacial score (nSPS) is 11.9. The summed E-state index contributed by atoms with van der Waals surface area (Å²) in [5.74, 6) is 1.75. The van der Waals surface area contributed by atoms with E-state index in [0.717, 1.165) is 34.8 Å². The first-order chi connectivity index (χ1) is 14.5. The van der Waals surface area contributed by atoms with Crippen LogP contribution in [0.4, 0.5) is 5.69 Å². The SMILES string of the molecule is CCc1cccc(C)c1NC(=O)CSc1nnc(C(C)Oc2ccccc2)n1CC. The Morgan fingerprint density at radius 1 is 1.13 bits per heavy atom. The summed E-state index contributed by atoms with van der Waals surface area (Å²) >= 11 is 1.38. The van der Waals surface area contributed by atoms with Gasteiger partial charge in [-0.3, -0.25) is 4.79 Å². The number of anilines is 1. The maximum absolute atomic E-state index is 12.6. The minimum Gasteiger partial charge on any atom is -0.483 e. The van der Waals surface area contributed by atoms with Crippen LogP contribution in [0.15, 0.2) is 53.7 Å². The second kappa shape index (κ2) is 10.3. The Kier molecular flexibility index (Phi) is 7.52. The number of hydrogen-bond acceptors (Lipinski definition) is 5. The van der Waals surface area contributed by atoms with Gasteiger partial charge in [-0.05, 0) is 50.5 Å². The number of ether oxygens (including phenoxy) is 1. The summed E-state index contributed by atoms with van der Waals surface area (Å²) in [4.78, 5) is 12.6. The lowest BCUT2D eigenvalue weighted by atomic mass is 10.1. The molecule has 0 aliphatic heterocycles. The van der Waals surface area contributed by atoms with Gasteiger partial charge < -0.3 is 14.6 Å². The molecule has 7 heteroatoms. The predicted octanol–water partition coefficient (Wildman–Crippen LogP) is 5.04. The molecule has 30 heavy (non-hydrogen) atoms. The van der Waals surface area contributed by atoms with Gasteiger partial charge in [-0.1, -0.05) is 55.1 Å². The smallest absolute Gasteiger partial charge is 0.234 e. The first kappa shape index (κ1) is 21.9. The van der Waals surface area contributed by atoms with Gasteiger partial charge in [0.2, 0.25) is 5.91 Å². The maximum atomic E-state index is 12.6. The second-order valence-electron chi connectivity index (χ2n) is 6.96. The number of carbonyl (C=O) groups is 1. The highest BCUT2D eigenvalue weighted by molar-refractivity contribution is 7.99. The van der Waals surface area contributed by atoms with Crippen LogP contribution in [0.5, 0.6) is 5.75 Å². The molecule has 0 spiro atoms. The molecular weight excluding hydrogens is 396 g/mol. The minimum atomic E-state index is -0.248. The Hall–Kier alpha value is -2.80. The largest absolute Gasteiger partial charge is 0.483 e. The van der Waals surface area contributed by atoms with E-state index >= 15 is 0 Å². The van der Waals surface area contributed by atoms with Gasteiger partial charge in [0.15, 0.2) is 17.1 Å². The van der Waals surface area contributed by atoms with E-state index in [4.69, 9.17) is 4.74 Å². The van der Waals surface area contributed by atoms with Crippen molar-refractivity contribution in [1.82, 2.24) is 14.8 Å². The van der Waals surface area contributed by atoms with Crippen LogP contribution in [-0.2, 0) is 17.8 Å². The molecule has 1 atom stereocenters. The molecule has 1 heterocycles. The molecule has 0 aliphatic rings. The molecule has 158 valence electrons. The zero-order chi connectivity index (χ0) is 21.5. The third-order valence-electron chi connectivity index (χ3n) is 4.82. The number of carbonyl (C=O) groups excluding carboxylic acids is 1. The molecular formula is C23H28N4O2S. The number of hydrogen-bond donors (Lipinski definition) is 1. The van der Waals surface area contributed by atoms with E-state index in [1.165, 1.54) is 11.8 Å². The highest BCUT2D eigenvalue weighted by Crippen LogP contribution is 2.25. The standard InChI is InChI=1S/C23H28N4O2S/c1-5-18-12-10-11-16(3)21(18)24-20(28)15-30-23-26-25-22(27(23)6-2)17(4)29-19-13-8-7-9-14-19/h7-14,17H,5-6,15H2,1-4H3,(H,24,28). The van der Waals surface area contributed by atoms with Crippen molar-refractivity contribution in [2.75, 3.05) is 11.1 Å². The lowest BCUT2D eigenvalue weighted by Crippen LogP contribution is -2.17. The number of aryl methyl sites for hydroxylation is 2. The highest BCUT2D eigenvalue weighted by atomic mass is 32.2. The molecule has 1 unspecified atom stereocenters. The Bertz CT molecular complexity index is 988. The molecule has 1 N–H and O–H groups in total. The van der Waals surface area contributed by atoms with Crippen LogP contribution in [0, 0.1) is 6.92 Å². The van der Waals surface area contributed by atoms with Gasteiger partial charge in [0, 0.05) is 12.2 Å². The van der Waals surface area contributed by atoms with Crippen LogP contribution in [0.3, 0.4) is 0 Å². The fraction of sp³-hybridized carbons (Fsp3) is 0.348. The van der Waals surface area contributed by atoms with Gasteiger partial charge >= 0.3 is 0 Å². The third-order valence-corrected chi connectivity index (χ3v) is 5.78. The van der Waals surface area contributed by atoms with Gasteiger partial charge in [0.1, 0.15) is 5.75 Å². The Morgan fingerprint density at radius 3 is 2.60 bits per heavy atom. The third kappa shape index (κ3) is 5.21. The number of thioether (sulfide) groups is 1. The second-order valence-corrected chi connectivity index (χ2v) is 7.90. The van der Waals surface area contributed by atoms with Crippen molar-refractivity contribution in [3.8, 4) is 5.75 Å². The Labute approximate surface area is 182 Å². The molecule has 0 aliphatic carbocycles. The van der Waals surface area contributed by atoms with Gasteiger partial charge in [-0.25, -0.2) is 0 Å². The number of para-hydroxylation sites is 2. The zero-order valence-corrected chi connectivity index (χ0v) is 18.7. The lowest BCUT2D eigenvalue weighted by molar-refractivity contribution is -0.113. The molecule has 1 aromatic heterocycles. The maximum Gasteiger partial charge on any atom is 0.234 e. The minimum absolute atomic E-state index is 0.0511. The van der Waals surface area contributed by atoms with Gasteiger partial charge in [-0.15, -0.1) is 10.2 Å². The lowest BCUT2D eigenvalue weighted by Gasteiger charge is -2.15. The quantitative estimate of drug-likeness (QED) is 0.487. The fourth-order valence-corrected chi connectivity index (χ4v) is 4.08. The number of nitrogens with one attached hydrogen (secondary N) is 1. The number of benzene rings is 2. The van der Waals surface area contributed by atoms with Gasteiger partial charge in [0.25, 0.3) is 0 Å². The van der Waals surface area contributed by atoms with E-state index in [0.29, 0.717) is 11.7 Å². The number of amides is 1. The summed E-state index contributed by atoms with van der Waals surface area (Å²) in [6, 6.07) is 15.7. The number of nitrogens with zero attached hydrogens (tertiary/aromatic N) is 3. The van der Waals surface area contributed by atoms with Crippen molar-refractivity contribution >= 4 is 23.4 Å². The molecule has 2 aromatic carbocycles. The summed E-state index contributed by atoms with van der Waals surface area (Å²) in [7, 11) is 0. The topological polar surface area (TPSA) is 69.0 Å². The predicted molar refractivity (Wildman–Crippen MR) is 121 cm³/mol. The van der Waals surface area contributed by atoms with E-state index in [1.807, 2.05) is 73.9 Å². The van der Waals surface area contributed by atoms with E-state index in [9.17, 15) is 4.79 Å². The first-order valence-corrected chi connectivity index (χ1v) is 11.2. The Balaban J connectivity index is 1.65. The van der Waals surface area contributed by atoms with Crippen molar-refractivity contribution in [3.63, 3.8) is 0 Å². The van der Waals surface area contributed by atoms with E-state index in [2.05, 4.69) is 22.4 Å². The van der Waals surface area contributed by atoms with E-state index in [-0.39, 0.29) is 17.8 Å². The molecule has 1 amide bonds. The molecule has 0 saturated carbocycles. The van der Waals surface area contributed by atoms with Crippen LogP contribution in [0.2, 0.25) is 0 Å².